The summed E-state index contributed by atoms with van der Waals surface area (Å²) >= 11 is 0. The molecule has 1 heteroatoms. The number of methoxy groups -OCH3 is 1. The molecule has 0 aliphatic heterocycles. The SMILES string of the molecule is COc1ccccc1-c1c[c]c2ccccc2c1C. The first-order valence-corrected chi connectivity index (χ1v) is 6.34. The Labute approximate surface area is 113 Å². The smallest absolute Gasteiger partial charge is 0.126 e. The lowest BCUT2D eigenvalue weighted by Crippen LogP contribution is -1.90. The van der Waals surface area contributed by atoms with Gasteiger partial charge in [-0.2, -0.15) is 0 Å². The number of para-hydroxylation sites is 1. The van der Waals surface area contributed by atoms with Crippen LogP contribution in [0.2, 0.25) is 0 Å². The van der Waals surface area contributed by atoms with Crippen LogP contribution in [-0.4, -0.2) is 7.11 Å². The van der Waals surface area contributed by atoms with Gasteiger partial charge in [0.25, 0.3) is 0 Å². The van der Waals surface area contributed by atoms with Gasteiger partial charge in [-0.1, -0.05) is 42.5 Å². The summed E-state index contributed by atoms with van der Waals surface area (Å²) in [5.41, 5.74) is 3.56. The van der Waals surface area contributed by atoms with Gasteiger partial charge >= 0.3 is 0 Å². The summed E-state index contributed by atoms with van der Waals surface area (Å²) in [5.74, 6) is 0.897. The quantitative estimate of drug-likeness (QED) is 0.642. The van der Waals surface area contributed by atoms with Crippen LogP contribution >= 0.6 is 0 Å². The third-order valence-corrected chi connectivity index (χ3v) is 3.50. The largest absolute Gasteiger partial charge is 0.496 e. The van der Waals surface area contributed by atoms with Gasteiger partial charge in [0.15, 0.2) is 0 Å². The molecule has 1 nitrogen and oxygen atoms in total. The first kappa shape index (κ1) is 11.8. The summed E-state index contributed by atoms with van der Waals surface area (Å²) in [6.45, 7) is 2.15. The number of hydrogen-bond donors (Lipinski definition) is 0. The van der Waals surface area contributed by atoms with E-state index in [-0.39, 0.29) is 0 Å². The zero-order valence-electron chi connectivity index (χ0n) is 11.1. The normalized spacial score (nSPS) is 10.6. The van der Waals surface area contributed by atoms with Crippen molar-refractivity contribution in [1.29, 1.82) is 0 Å². The minimum atomic E-state index is 0.897. The molecule has 0 saturated heterocycles. The van der Waals surface area contributed by atoms with Crippen LogP contribution in [0.4, 0.5) is 0 Å². The molecule has 0 saturated carbocycles. The second-order valence-corrected chi connectivity index (χ2v) is 4.57. The summed E-state index contributed by atoms with van der Waals surface area (Å²) < 4.78 is 5.45. The molecule has 0 fully saturated rings. The lowest BCUT2D eigenvalue weighted by molar-refractivity contribution is 0.416. The maximum atomic E-state index is 5.45. The van der Waals surface area contributed by atoms with Crippen molar-refractivity contribution in [2.75, 3.05) is 7.11 Å². The summed E-state index contributed by atoms with van der Waals surface area (Å²) in [6, 6.07) is 21.8. The van der Waals surface area contributed by atoms with Gasteiger partial charge in [-0.25, -0.2) is 0 Å². The monoisotopic (exact) mass is 247 g/mol. The first-order chi connectivity index (χ1) is 9.31. The number of rotatable bonds is 2. The van der Waals surface area contributed by atoms with Crippen molar-refractivity contribution in [2.45, 2.75) is 6.92 Å². The maximum Gasteiger partial charge on any atom is 0.126 e. The lowest BCUT2D eigenvalue weighted by Gasteiger charge is -2.12. The third kappa shape index (κ3) is 1.97. The van der Waals surface area contributed by atoms with E-state index in [0.29, 0.717) is 0 Å². The number of fused-ring (bicyclic) bond motifs is 1. The highest BCUT2D eigenvalue weighted by Gasteiger charge is 2.09. The predicted octanol–water partition coefficient (Wildman–Crippen LogP) is 4.62. The number of hydrogen-bond acceptors (Lipinski definition) is 1. The van der Waals surface area contributed by atoms with E-state index in [2.05, 4.69) is 43.3 Å². The van der Waals surface area contributed by atoms with E-state index >= 15 is 0 Å². The van der Waals surface area contributed by atoms with Crippen molar-refractivity contribution in [3.63, 3.8) is 0 Å². The van der Waals surface area contributed by atoms with E-state index in [9.17, 15) is 0 Å². The minimum absolute atomic E-state index is 0.897. The molecule has 93 valence electrons. The zero-order valence-corrected chi connectivity index (χ0v) is 11.1. The lowest BCUT2D eigenvalue weighted by atomic mass is 9.95. The Morgan fingerprint density at radius 1 is 0.895 bits per heavy atom. The second-order valence-electron chi connectivity index (χ2n) is 4.57. The second kappa shape index (κ2) is 4.77. The Hall–Kier alpha value is -2.28. The Morgan fingerprint density at radius 2 is 1.63 bits per heavy atom. The zero-order chi connectivity index (χ0) is 13.2. The topological polar surface area (TPSA) is 9.23 Å². The van der Waals surface area contributed by atoms with Crippen LogP contribution in [-0.2, 0) is 0 Å². The van der Waals surface area contributed by atoms with Crippen molar-refractivity contribution in [3.05, 3.63) is 66.2 Å². The number of ether oxygens (including phenoxy) is 1. The van der Waals surface area contributed by atoms with Gasteiger partial charge in [-0.3, -0.25) is 0 Å². The molecule has 19 heavy (non-hydrogen) atoms. The Kier molecular flexibility index (Phi) is 2.96. The molecule has 0 bridgehead atoms. The maximum absolute atomic E-state index is 5.45. The molecule has 0 aromatic heterocycles. The van der Waals surface area contributed by atoms with Gasteiger partial charge in [-0.15, -0.1) is 0 Å². The molecule has 3 aromatic rings. The first-order valence-electron chi connectivity index (χ1n) is 6.34. The molecule has 0 amide bonds. The average Bonchev–Trinajstić information content (AvgIpc) is 2.48. The highest BCUT2D eigenvalue weighted by molar-refractivity contribution is 5.92. The molecule has 0 aliphatic rings. The predicted molar refractivity (Wildman–Crippen MR) is 79.5 cm³/mol. The highest BCUT2D eigenvalue weighted by atomic mass is 16.5. The van der Waals surface area contributed by atoms with Gasteiger partial charge in [0.1, 0.15) is 5.75 Å². The van der Waals surface area contributed by atoms with E-state index in [4.69, 9.17) is 4.74 Å². The van der Waals surface area contributed by atoms with E-state index in [0.717, 1.165) is 16.7 Å². The van der Waals surface area contributed by atoms with Crippen LogP contribution in [0.5, 0.6) is 5.75 Å². The molecule has 1 radical (unpaired) electrons. The van der Waals surface area contributed by atoms with Crippen LogP contribution in [0.25, 0.3) is 21.9 Å². The minimum Gasteiger partial charge on any atom is -0.496 e. The highest BCUT2D eigenvalue weighted by Crippen LogP contribution is 2.34. The van der Waals surface area contributed by atoms with E-state index in [1.54, 1.807) is 7.11 Å². The number of aryl methyl sites for hydroxylation is 1. The van der Waals surface area contributed by atoms with Crippen LogP contribution < -0.4 is 4.74 Å². The summed E-state index contributed by atoms with van der Waals surface area (Å²) in [5, 5.41) is 2.39. The summed E-state index contributed by atoms with van der Waals surface area (Å²) in [4.78, 5) is 0. The molecule has 0 aliphatic carbocycles. The van der Waals surface area contributed by atoms with E-state index < -0.39 is 0 Å². The van der Waals surface area contributed by atoms with Crippen LogP contribution in [0.1, 0.15) is 5.56 Å². The van der Waals surface area contributed by atoms with Gasteiger partial charge in [0.2, 0.25) is 0 Å². The fourth-order valence-corrected chi connectivity index (χ4v) is 2.49. The van der Waals surface area contributed by atoms with Crippen molar-refractivity contribution in [3.8, 4) is 16.9 Å². The van der Waals surface area contributed by atoms with Gasteiger partial charge in [0, 0.05) is 5.56 Å². The van der Waals surface area contributed by atoms with E-state index in [1.807, 2.05) is 24.3 Å². The third-order valence-electron chi connectivity index (χ3n) is 3.50. The van der Waals surface area contributed by atoms with Crippen LogP contribution in [0.15, 0.2) is 54.6 Å². The molecule has 0 N–H and O–H groups in total. The standard InChI is InChI=1S/C18H15O/c1-13-15-8-4-3-7-14(15)11-12-16(13)17-9-5-6-10-18(17)19-2/h3-10,12H,1-2H3. The molecule has 0 unspecified atom stereocenters. The molecule has 3 rings (SSSR count). The summed E-state index contributed by atoms with van der Waals surface area (Å²) in [7, 11) is 1.71. The van der Waals surface area contributed by atoms with Crippen LogP contribution in [0.3, 0.4) is 0 Å². The average molecular weight is 247 g/mol. The van der Waals surface area contributed by atoms with Gasteiger partial charge in [0.05, 0.1) is 7.11 Å². The van der Waals surface area contributed by atoms with Gasteiger partial charge in [-0.05, 0) is 47.0 Å². The number of benzene rings is 3. The Balaban J connectivity index is 2.28. The molecule has 0 heterocycles. The molecular weight excluding hydrogens is 232 g/mol. The van der Waals surface area contributed by atoms with Crippen molar-refractivity contribution >= 4 is 10.8 Å². The fourth-order valence-electron chi connectivity index (χ4n) is 2.49. The summed E-state index contributed by atoms with van der Waals surface area (Å²) in [6.07, 6.45) is 0. The molecular formula is C18H15O. The van der Waals surface area contributed by atoms with Crippen molar-refractivity contribution in [1.82, 2.24) is 0 Å². The molecule has 0 atom stereocenters. The molecule has 3 aromatic carbocycles. The Bertz CT molecular complexity index is 729. The van der Waals surface area contributed by atoms with Crippen molar-refractivity contribution < 1.29 is 4.74 Å². The van der Waals surface area contributed by atoms with E-state index in [1.165, 1.54) is 16.5 Å². The Morgan fingerprint density at radius 3 is 2.47 bits per heavy atom. The molecule has 0 spiro atoms. The van der Waals surface area contributed by atoms with Crippen molar-refractivity contribution in [2.24, 2.45) is 0 Å². The van der Waals surface area contributed by atoms with Gasteiger partial charge < -0.3 is 4.74 Å². The van der Waals surface area contributed by atoms with Crippen LogP contribution in [0, 0.1) is 13.0 Å². The fraction of sp³-hybridized carbons (Fsp3) is 0.111.